The van der Waals surface area contributed by atoms with Gasteiger partial charge in [-0.25, -0.2) is 0 Å². The van der Waals surface area contributed by atoms with Crippen molar-refractivity contribution in [2.75, 3.05) is 7.11 Å². The Morgan fingerprint density at radius 1 is 0.962 bits per heavy atom. The lowest BCUT2D eigenvalue weighted by Crippen LogP contribution is -2.39. The molecule has 0 aliphatic heterocycles. The van der Waals surface area contributed by atoms with Crippen LogP contribution in [0.4, 0.5) is 0 Å². The molecule has 5 heteroatoms. The zero-order chi connectivity index (χ0) is 18.7. The van der Waals surface area contributed by atoms with Gasteiger partial charge in [0.05, 0.1) is 19.3 Å². The van der Waals surface area contributed by atoms with E-state index in [4.69, 9.17) is 0 Å². The molecule has 0 unspecified atom stereocenters. The van der Waals surface area contributed by atoms with Crippen molar-refractivity contribution in [3.8, 4) is 0 Å². The summed E-state index contributed by atoms with van der Waals surface area (Å²) in [6.45, 7) is 0. The zero-order valence-corrected chi connectivity index (χ0v) is 15.9. The second kappa shape index (κ2) is 8.83. The van der Waals surface area contributed by atoms with E-state index in [1.807, 2.05) is 0 Å². The van der Waals surface area contributed by atoms with Crippen LogP contribution in [0, 0.1) is 29.6 Å². The van der Waals surface area contributed by atoms with Crippen LogP contribution in [0.15, 0.2) is 0 Å². The van der Waals surface area contributed by atoms with E-state index < -0.39 is 6.10 Å². The van der Waals surface area contributed by atoms with Gasteiger partial charge in [0, 0.05) is 18.3 Å². The summed E-state index contributed by atoms with van der Waals surface area (Å²) in [6.07, 6.45) is 8.94. The second-order valence-corrected chi connectivity index (χ2v) is 8.70. The van der Waals surface area contributed by atoms with Gasteiger partial charge in [-0.2, -0.15) is 0 Å². The minimum absolute atomic E-state index is 0.0504. The van der Waals surface area contributed by atoms with Crippen molar-refractivity contribution in [3.63, 3.8) is 0 Å². The van der Waals surface area contributed by atoms with Crippen LogP contribution in [0.5, 0.6) is 0 Å². The Morgan fingerprint density at radius 2 is 1.69 bits per heavy atom. The maximum Gasteiger partial charge on any atom is 0.305 e. The Balaban J connectivity index is 1.45. The number of carbonyl (C=O) groups excluding carboxylic acids is 2. The zero-order valence-electron chi connectivity index (χ0n) is 15.9. The van der Waals surface area contributed by atoms with Gasteiger partial charge in [0.15, 0.2) is 0 Å². The number of esters is 1. The molecular formula is C21H34O5. The molecule has 0 aromatic carbocycles. The first-order valence-electron chi connectivity index (χ1n) is 10.5. The maximum atomic E-state index is 13.1. The molecule has 5 nitrogen and oxygen atoms in total. The number of aliphatic hydroxyl groups excluding tert-OH is 2. The number of methoxy groups -OCH3 is 1. The number of carbonyl (C=O) groups is 2. The summed E-state index contributed by atoms with van der Waals surface area (Å²) in [6, 6.07) is 0. The number of fused-ring (bicyclic) bond motifs is 2. The fourth-order valence-electron chi connectivity index (χ4n) is 5.81. The predicted molar refractivity (Wildman–Crippen MR) is 97.3 cm³/mol. The van der Waals surface area contributed by atoms with Crippen LogP contribution >= 0.6 is 0 Å². The van der Waals surface area contributed by atoms with E-state index in [2.05, 4.69) is 4.74 Å². The number of hydrogen-bond acceptors (Lipinski definition) is 5. The molecule has 0 amide bonds. The normalized spacial score (nSPS) is 38.7. The molecule has 3 rings (SSSR count). The van der Waals surface area contributed by atoms with Gasteiger partial charge in [-0.3, -0.25) is 9.59 Å². The topological polar surface area (TPSA) is 83.8 Å². The molecule has 0 aromatic rings. The molecule has 148 valence electrons. The molecule has 3 aliphatic rings. The summed E-state index contributed by atoms with van der Waals surface area (Å²) in [5.41, 5.74) is 0. The van der Waals surface area contributed by atoms with E-state index >= 15 is 0 Å². The number of hydrogen-bond donors (Lipinski definition) is 2. The first-order chi connectivity index (χ1) is 12.5. The number of aliphatic hydroxyl groups is 2. The predicted octanol–water partition coefficient (Wildman–Crippen LogP) is 2.86. The number of rotatable bonds is 9. The average Bonchev–Trinajstić information content (AvgIpc) is 3.32. The summed E-state index contributed by atoms with van der Waals surface area (Å²) >= 11 is 0. The molecule has 26 heavy (non-hydrogen) atoms. The summed E-state index contributed by atoms with van der Waals surface area (Å²) < 4.78 is 4.64. The molecule has 0 radical (unpaired) electrons. The van der Waals surface area contributed by atoms with Gasteiger partial charge in [-0.15, -0.1) is 0 Å². The Bertz CT molecular complexity index is 503. The van der Waals surface area contributed by atoms with E-state index in [-0.39, 0.29) is 35.6 Å². The average molecular weight is 366 g/mol. The van der Waals surface area contributed by atoms with Crippen molar-refractivity contribution in [3.05, 3.63) is 0 Å². The molecule has 2 bridgehead atoms. The van der Waals surface area contributed by atoms with Crippen LogP contribution < -0.4 is 0 Å². The maximum absolute atomic E-state index is 13.1. The quantitative estimate of drug-likeness (QED) is 0.484. The molecular weight excluding hydrogens is 332 g/mol. The molecule has 0 aromatic heterocycles. The van der Waals surface area contributed by atoms with Crippen molar-refractivity contribution in [2.45, 2.75) is 82.8 Å². The van der Waals surface area contributed by atoms with Crippen LogP contribution in [0.1, 0.15) is 70.6 Å². The van der Waals surface area contributed by atoms with E-state index in [1.165, 1.54) is 7.11 Å². The number of unbranched alkanes of at least 4 members (excludes halogenated alkanes) is 3. The number of ketones is 1. The number of ether oxygens (including phenoxy) is 1. The van der Waals surface area contributed by atoms with Crippen molar-refractivity contribution >= 4 is 11.8 Å². The van der Waals surface area contributed by atoms with Crippen LogP contribution in [-0.2, 0) is 14.3 Å². The lowest BCUT2D eigenvalue weighted by atomic mass is 9.75. The molecule has 0 spiro atoms. The van der Waals surface area contributed by atoms with Gasteiger partial charge in [0.25, 0.3) is 0 Å². The van der Waals surface area contributed by atoms with Gasteiger partial charge >= 0.3 is 5.97 Å². The Hall–Kier alpha value is -0.940. The monoisotopic (exact) mass is 366 g/mol. The first-order valence-corrected chi connectivity index (χ1v) is 10.5. The standard InChI is InChI=1S/C21H34O5/c1-26-18(23)7-5-3-2-4-6-15-16(10-11-17(15)22)21(25)19-13-8-9-14(12-13)20(19)24/h13-17,19-20,22,24H,2-12H2,1H3/t13-,14+,15-,16+,17+,19+,20+/m1/s1. The number of Topliss-reactive ketones (excluding diaryl/α,β-unsaturated/α-hetero) is 1. The fraction of sp³-hybridized carbons (Fsp3) is 0.905. The van der Waals surface area contributed by atoms with E-state index in [9.17, 15) is 19.8 Å². The minimum Gasteiger partial charge on any atom is -0.469 e. The van der Waals surface area contributed by atoms with Crippen molar-refractivity contribution in [1.29, 1.82) is 0 Å². The molecule has 3 aliphatic carbocycles. The third-order valence-corrected chi connectivity index (χ3v) is 7.25. The Morgan fingerprint density at radius 3 is 2.38 bits per heavy atom. The molecule has 0 saturated heterocycles. The SMILES string of the molecule is COC(=O)CCCCCC[C@@H]1[C@@H](C(=O)[C@H]2[C@@H]3CC[C@@H](C3)[C@@H]2O)CC[C@@H]1O. The highest BCUT2D eigenvalue weighted by atomic mass is 16.5. The summed E-state index contributed by atoms with van der Waals surface area (Å²) in [4.78, 5) is 24.2. The Labute approximate surface area is 156 Å². The summed E-state index contributed by atoms with van der Waals surface area (Å²) in [5, 5.41) is 20.9. The third-order valence-electron chi connectivity index (χ3n) is 7.25. The highest BCUT2D eigenvalue weighted by Gasteiger charge is 2.53. The minimum atomic E-state index is -0.446. The molecule has 3 saturated carbocycles. The van der Waals surface area contributed by atoms with Crippen molar-refractivity contribution in [2.24, 2.45) is 29.6 Å². The van der Waals surface area contributed by atoms with Gasteiger partial charge in [-0.1, -0.05) is 19.3 Å². The van der Waals surface area contributed by atoms with Gasteiger partial charge in [0.2, 0.25) is 0 Å². The van der Waals surface area contributed by atoms with E-state index in [0.29, 0.717) is 24.7 Å². The summed E-state index contributed by atoms with van der Waals surface area (Å²) in [7, 11) is 1.41. The fourth-order valence-corrected chi connectivity index (χ4v) is 5.81. The Kier molecular flexibility index (Phi) is 6.73. The van der Waals surface area contributed by atoms with Crippen LogP contribution in [-0.4, -0.2) is 41.3 Å². The highest BCUT2D eigenvalue weighted by Crippen LogP contribution is 2.51. The van der Waals surface area contributed by atoms with Gasteiger partial charge < -0.3 is 14.9 Å². The van der Waals surface area contributed by atoms with Gasteiger partial charge in [0.1, 0.15) is 5.78 Å². The molecule has 7 atom stereocenters. The largest absolute Gasteiger partial charge is 0.469 e. The highest BCUT2D eigenvalue weighted by molar-refractivity contribution is 5.85. The first kappa shape index (κ1) is 19.8. The van der Waals surface area contributed by atoms with Crippen LogP contribution in [0.3, 0.4) is 0 Å². The van der Waals surface area contributed by atoms with Crippen molar-refractivity contribution in [1.82, 2.24) is 0 Å². The lowest BCUT2D eigenvalue weighted by Gasteiger charge is -2.30. The van der Waals surface area contributed by atoms with Crippen molar-refractivity contribution < 1.29 is 24.5 Å². The van der Waals surface area contributed by atoms with Crippen LogP contribution in [0.25, 0.3) is 0 Å². The lowest BCUT2D eigenvalue weighted by molar-refractivity contribution is -0.140. The van der Waals surface area contributed by atoms with Crippen LogP contribution in [0.2, 0.25) is 0 Å². The second-order valence-electron chi connectivity index (χ2n) is 8.70. The van der Waals surface area contributed by atoms with E-state index in [1.54, 1.807) is 0 Å². The van der Waals surface area contributed by atoms with E-state index in [0.717, 1.165) is 57.8 Å². The van der Waals surface area contributed by atoms with Gasteiger partial charge in [-0.05, 0) is 62.7 Å². The smallest absolute Gasteiger partial charge is 0.305 e. The molecule has 3 fully saturated rings. The summed E-state index contributed by atoms with van der Waals surface area (Å²) in [5.74, 6) is 0.580. The third kappa shape index (κ3) is 4.14. The molecule has 0 heterocycles. The molecule has 2 N–H and O–H groups in total.